The van der Waals surface area contributed by atoms with Crippen LogP contribution in [0.3, 0.4) is 0 Å². The highest BCUT2D eigenvalue weighted by molar-refractivity contribution is 6.06. The molecule has 0 radical (unpaired) electrons. The number of cyclic esters (lactones) is 1. The van der Waals surface area contributed by atoms with Crippen LogP contribution in [-0.2, 0) is 23.9 Å². The molecule has 2 amide bonds. The number of esters is 1. The third-order valence-electron chi connectivity index (χ3n) is 9.09. The highest BCUT2D eigenvalue weighted by Crippen LogP contribution is 2.59. The Labute approximate surface area is 230 Å². The molecule has 1 unspecified atom stereocenters. The Morgan fingerprint density at radius 2 is 1.77 bits per heavy atom. The van der Waals surface area contributed by atoms with Crippen LogP contribution in [0.2, 0.25) is 0 Å². The summed E-state index contributed by atoms with van der Waals surface area (Å²) in [7, 11) is 0. The number of allylic oxidation sites excluding steroid dienone is 1. The number of aliphatic hydroxyl groups is 1. The molecule has 39 heavy (non-hydrogen) atoms. The second kappa shape index (κ2) is 10.2. The van der Waals surface area contributed by atoms with Gasteiger partial charge in [0.15, 0.2) is 0 Å². The van der Waals surface area contributed by atoms with Crippen molar-refractivity contribution < 1.29 is 29.0 Å². The molecule has 6 atom stereocenters. The second-order valence-electron chi connectivity index (χ2n) is 11.7. The number of amides is 2. The number of fused-ring (bicyclic) bond motifs is 2. The first-order chi connectivity index (χ1) is 18.6. The van der Waals surface area contributed by atoms with Crippen LogP contribution < -0.4 is 4.90 Å². The van der Waals surface area contributed by atoms with Gasteiger partial charge in [0, 0.05) is 12.2 Å². The van der Waals surface area contributed by atoms with Crippen LogP contribution in [0.25, 0.3) is 0 Å². The van der Waals surface area contributed by atoms with Crippen molar-refractivity contribution in [2.24, 2.45) is 17.8 Å². The van der Waals surface area contributed by atoms with Crippen LogP contribution >= 0.6 is 0 Å². The van der Waals surface area contributed by atoms with E-state index in [0.717, 1.165) is 23.2 Å². The molecule has 4 aliphatic heterocycles. The summed E-state index contributed by atoms with van der Waals surface area (Å²) in [5.74, 6) is -3.09. The van der Waals surface area contributed by atoms with E-state index in [1.54, 1.807) is 4.90 Å². The van der Waals surface area contributed by atoms with Crippen molar-refractivity contribution >= 4 is 23.5 Å². The van der Waals surface area contributed by atoms with Gasteiger partial charge in [-0.15, -0.1) is 0 Å². The van der Waals surface area contributed by atoms with Crippen molar-refractivity contribution in [2.45, 2.75) is 77.2 Å². The summed E-state index contributed by atoms with van der Waals surface area (Å²) >= 11 is 0. The molecule has 0 saturated carbocycles. The molecule has 0 aliphatic carbocycles. The molecule has 2 saturated heterocycles. The zero-order chi connectivity index (χ0) is 28.1. The minimum Gasteiger partial charge on any atom is -0.465 e. The first-order valence-electron chi connectivity index (χ1n) is 14.2. The Hall–Kier alpha value is -2.97. The number of hydrogen-bond acceptors (Lipinski definition) is 6. The maximum absolute atomic E-state index is 14.7. The zero-order valence-corrected chi connectivity index (χ0v) is 23.6. The van der Waals surface area contributed by atoms with Gasteiger partial charge in [-0.3, -0.25) is 14.4 Å². The van der Waals surface area contributed by atoms with E-state index in [-0.39, 0.29) is 30.9 Å². The molecule has 2 fully saturated rings. The summed E-state index contributed by atoms with van der Waals surface area (Å²) in [5, 5.41) is 10.5. The average Bonchev–Trinajstić information content (AvgIpc) is 3.27. The van der Waals surface area contributed by atoms with E-state index in [4.69, 9.17) is 9.47 Å². The van der Waals surface area contributed by atoms with Crippen LogP contribution in [0.15, 0.2) is 42.5 Å². The highest BCUT2D eigenvalue weighted by atomic mass is 16.6. The Morgan fingerprint density at radius 1 is 1.05 bits per heavy atom. The van der Waals surface area contributed by atoms with Crippen molar-refractivity contribution in [1.82, 2.24) is 4.90 Å². The predicted octanol–water partition coefficient (Wildman–Crippen LogP) is 3.48. The number of para-hydroxylation sites is 1. The van der Waals surface area contributed by atoms with Gasteiger partial charge in [0.25, 0.3) is 5.91 Å². The molecular weight excluding hydrogens is 496 g/mol. The molecule has 1 aromatic rings. The maximum atomic E-state index is 14.7. The number of hydrogen-bond donors (Lipinski definition) is 1. The molecule has 5 rings (SSSR count). The number of rotatable bonds is 5. The van der Waals surface area contributed by atoms with E-state index in [9.17, 15) is 19.5 Å². The van der Waals surface area contributed by atoms with E-state index in [0.29, 0.717) is 19.4 Å². The summed E-state index contributed by atoms with van der Waals surface area (Å²) in [5.41, 5.74) is 0.228. The molecular formula is C31H40N2O6. The van der Waals surface area contributed by atoms with Gasteiger partial charge in [0.2, 0.25) is 5.91 Å². The molecule has 1 spiro atoms. The number of anilines is 1. The van der Waals surface area contributed by atoms with Crippen LogP contribution in [0.1, 0.15) is 51.2 Å². The first-order valence-corrected chi connectivity index (χ1v) is 14.2. The Balaban J connectivity index is 1.73. The van der Waals surface area contributed by atoms with E-state index < -0.39 is 41.1 Å². The van der Waals surface area contributed by atoms with Crippen LogP contribution in [-0.4, -0.2) is 70.8 Å². The molecule has 8 heteroatoms. The summed E-state index contributed by atoms with van der Waals surface area (Å²) in [6, 6.07) is 4.22. The summed E-state index contributed by atoms with van der Waals surface area (Å²) in [4.78, 5) is 46.2. The number of aryl methyl sites for hydroxylation is 2. The standard InChI is InChI=1S/C31H40N2O6/c1-6-30-14-8-7-9-17-38-29(37)24(30)23-27(35)33(22(18-34)19(2)3)26-28(36)32(16-11-15-31(23,26)39-30)25-20(4)12-10-13-21(25)5/h8,10-15,19,22-24,26,34H,6-7,9,16-18H2,1-5H3/b14-8-/t22-,23-,24+,26?,30-,31-/m0/s1. The van der Waals surface area contributed by atoms with Gasteiger partial charge in [0.05, 0.1) is 25.2 Å². The van der Waals surface area contributed by atoms with Gasteiger partial charge >= 0.3 is 5.97 Å². The van der Waals surface area contributed by atoms with E-state index in [2.05, 4.69) is 0 Å². The van der Waals surface area contributed by atoms with E-state index in [1.165, 1.54) is 4.90 Å². The average molecular weight is 537 g/mol. The molecule has 210 valence electrons. The number of carbonyl (C=O) groups excluding carboxylic acids is 3. The van der Waals surface area contributed by atoms with E-state index >= 15 is 0 Å². The van der Waals surface area contributed by atoms with Gasteiger partial charge in [0.1, 0.15) is 23.2 Å². The first kappa shape index (κ1) is 27.6. The lowest BCUT2D eigenvalue weighted by Crippen LogP contribution is -2.60. The van der Waals surface area contributed by atoms with Crippen molar-refractivity contribution in [3.8, 4) is 0 Å². The number of benzene rings is 1. The highest BCUT2D eigenvalue weighted by Gasteiger charge is 2.76. The van der Waals surface area contributed by atoms with E-state index in [1.807, 2.05) is 77.1 Å². The van der Waals surface area contributed by atoms with Gasteiger partial charge in [-0.2, -0.15) is 0 Å². The molecule has 8 nitrogen and oxygen atoms in total. The predicted molar refractivity (Wildman–Crippen MR) is 147 cm³/mol. The molecule has 1 aromatic carbocycles. The van der Waals surface area contributed by atoms with Crippen LogP contribution in [0.4, 0.5) is 5.69 Å². The normalized spacial score (nSPS) is 34.0. The van der Waals surface area contributed by atoms with Gasteiger partial charge in [-0.05, 0) is 50.2 Å². The van der Waals surface area contributed by atoms with Crippen LogP contribution in [0.5, 0.6) is 0 Å². The minimum absolute atomic E-state index is 0.133. The summed E-state index contributed by atoms with van der Waals surface area (Å²) < 4.78 is 12.7. The maximum Gasteiger partial charge on any atom is 0.313 e. The number of ether oxygens (including phenoxy) is 2. The third kappa shape index (κ3) is 4.06. The summed E-state index contributed by atoms with van der Waals surface area (Å²) in [6.45, 7) is 9.97. The minimum atomic E-state index is -1.38. The summed E-state index contributed by atoms with van der Waals surface area (Å²) in [6.07, 6.45) is 9.52. The van der Waals surface area contributed by atoms with Crippen molar-refractivity contribution in [3.05, 3.63) is 53.6 Å². The van der Waals surface area contributed by atoms with Gasteiger partial charge in [-0.25, -0.2) is 0 Å². The van der Waals surface area contributed by atoms with Crippen LogP contribution in [0, 0.1) is 31.6 Å². The molecule has 0 bridgehead atoms. The lowest BCUT2D eigenvalue weighted by molar-refractivity contribution is -0.161. The molecule has 0 aromatic heterocycles. The van der Waals surface area contributed by atoms with Gasteiger partial charge in [-0.1, -0.05) is 63.3 Å². The number of aliphatic hydroxyl groups excluding tert-OH is 1. The zero-order valence-electron chi connectivity index (χ0n) is 23.6. The largest absolute Gasteiger partial charge is 0.465 e. The topological polar surface area (TPSA) is 96.4 Å². The Kier molecular flexibility index (Phi) is 7.22. The van der Waals surface area contributed by atoms with Crippen molar-refractivity contribution in [2.75, 3.05) is 24.7 Å². The quantitative estimate of drug-likeness (QED) is 0.457. The smallest absolute Gasteiger partial charge is 0.313 e. The monoisotopic (exact) mass is 536 g/mol. The second-order valence-corrected chi connectivity index (χ2v) is 11.7. The molecule has 1 N–H and O–H groups in total. The fourth-order valence-electron chi connectivity index (χ4n) is 7.22. The fourth-order valence-corrected chi connectivity index (χ4v) is 7.22. The van der Waals surface area contributed by atoms with Crippen molar-refractivity contribution in [1.29, 1.82) is 0 Å². The Morgan fingerprint density at radius 3 is 2.41 bits per heavy atom. The molecule has 4 aliphatic rings. The third-order valence-corrected chi connectivity index (χ3v) is 9.09. The Bertz CT molecular complexity index is 1200. The van der Waals surface area contributed by atoms with Gasteiger partial charge < -0.3 is 24.4 Å². The lowest BCUT2D eigenvalue weighted by atomic mass is 9.73. The SMILES string of the molecule is CC[C@]12/C=C\CCCOC(=O)[C@H]1[C@H]1C(=O)N([C@@H](CO)C(C)C)C3C(=O)N(c4c(C)cccc4C)CC=C[C@@]31O2. The number of nitrogens with zero attached hydrogens (tertiary/aromatic N) is 2. The molecule has 4 heterocycles. The fraction of sp³-hybridized carbons (Fsp3) is 0.581. The number of carbonyl (C=O) groups is 3. The lowest BCUT2D eigenvalue weighted by Gasteiger charge is -2.42. The van der Waals surface area contributed by atoms with Crippen molar-refractivity contribution in [3.63, 3.8) is 0 Å². The number of likely N-dealkylation sites (tertiary alicyclic amines) is 1.